The summed E-state index contributed by atoms with van der Waals surface area (Å²) in [5.41, 5.74) is 1.41. The monoisotopic (exact) mass is 236 g/mol. The highest BCUT2D eigenvalue weighted by Gasteiger charge is 2.14. The summed E-state index contributed by atoms with van der Waals surface area (Å²) in [7, 11) is 0. The number of carbonyl (C=O) groups is 1. The lowest BCUT2D eigenvalue weighted by Gasteiger charge is -2.05. The molecule has 0 atom stereocenters. The van der Waals surface area contributed by atoms with Gasteiger partial charge < -0.3 is 5.11 Å². The van der Waals surface area contributed by atoms with Gasteiger partial charge in [-0.05, 0) is 41.6 Å². The van der Waals surface area contributed by atoms with E-state index in [4.69, 9.17) is 5.11 Å². The van der Waals surface area contributed by atoms with Crippen LogP contribution in [0.4, 0.5) is 4.39 Å². The first-order valence-corrected chi connectivity index (χ1v) is 5.55. The third-order valence-corrected chi connectivity index (χ3v) is 3.21. The van der Waals surface area contributed by atoms with Gasteiger partial charge in [-0.25, -0.2) is 9.18 Å². The zero-order valence-electron chi connectivity index (χ0n) is 8.53. The summed E-state index contributed by atoms with van der Waals surface area (Å²) in [6, 6.07) is 5.68. The summed E-state index contributed by atoms with van der Waals surface area (Å²) in [6.07, 6.45) is 0. The van der Waals surface area contributed by atoms with Crippen molar-refractivity contribution in [2.75, 3.05) is 0 Å². The molecule has 16 heavy (non-hydrogen) atoms. The minimum atomic E-state index is -1.11. The van der Waals surface area contributed by atoms with Crippen molar-refractivity contribution in [1.29, 1.82) is 0 Å². The summed E-state index contributed by atoms with van der Waals surface area (Å²) < 4.78 is 13.0. The van der Waals surface area contributed by atoms with E-state index in [0.29, 0.717) is 5.56 Å². The number of aromatic carboxylic acids is 1. The molecule has 2 nitrogen and oxygen atoms in total. The Kier molecular flexibility index (Phi) is 2.75. The molecule has 1 N–H and O–H groups in total. The molecule has 1 heterocycles. The molecular weight excluding hydrogens is 227 g/mol. The fraction of sp³-hybridized carbons (Fsp3) is 0.0833. The van der Waals surface area contributed by atoms with Crippen LogP contribution in [0.5, 0.6) is 0 Å². The van der Waals surface area contributed by atoms with Crippen LogP contribution in [0, 0.1) is 12.7 Å². The SMILES string of the molecule is Cc1sccc1-c1ccc(F)cc1C(=O)O. The number of aryl methyl sites for hydroxylation is 1. The van der Waals surface area contributed by atoms with Crippen LogP contribution >= 0.6 is 11.3 Å². The van der Waals surface area contributed by atoms with E-state index in [1.54, 1.807) is 0 Å². The van der Waals surface area contributed by atoms with Gasteiger partial charge in [0, 0.05) is 4.88 Å². The van der Waals surface area contributed by atoms with Crippen molar-refractivity contribution in [2.45, 2.75) is 6.92 Å². The van der Waals surface area contributed by atoms with E-state index >= 15 is 0 Å². The maximum Gasteiger partial charge on any atom is 0.336 e. The number of hydrogen-bond donors (Lipinski definition) is 1. The van der Waals surface area contributed by atoms with E-state index in [2.05, 4.69) is 0 Å². The van der Waals surface area contributed by atoms with E-state index in [-0.39, 0.29) is 5.56 Å². The number of thiophene rings is 1. The fourth-order valence-electron chi connectivity index (χ4n) is 1.59. The van der Waals surface area contributed by atoms with E-state index < -0.39 is 11.8 Å². The van der Waals surface area contributed by atoms with Crippen molar-refractivity contribution in [2.24, 2.45) is 0 Å². The number of halogens is 1. The first kappa shape index (κ1) is 10.8. The smallest absolute Gasteiger partial charge is 0.336 e. The number of carboxylic acids is 1. The number of rotatable bonds is 2. The lowest BCUT2D eigenvalue weighted by atomic mass is 10.0. The molecule has 2 rings (SSSR count). The van der Waals surface area contributed by atoms with Gasteiger partial charge in [0.2, 0.25) is 0 Å². The Bertz CT molecular complexity index is 546. The average molecular weight is 236 g/mol. The van der Waals surface area contributed by atoms with Crippen molar-refractivity contribution >= 4 is 17.3 Å². The Morgan fingerprint density at radius 2 is 2.06 bits per heavy atom. The zero-order chi connectivity index (χ0) is 11.7. The predicted octanol–water partition coefficient (Wildman–Crippen LogP) is 3.56. The minimum absolute atomic E-state index is 0.00139. The summed E-state index contributed by atoms with van der Waals surface area (Å²) in [5.74, 6) is -1.64. The van der Waals surface area contributed by atoms with Crippen molar-refractivity contribution in [3.8, 4) is 11.1 Å². The molecule has 2 aromatic rings. The number of benzene rings is 1. The van der Waals surface area contributed by atoms with Gasteiger partial charge in [0.1, 0.15) is 5.82 Å². The standard InChI is InChI=1S/C12H9FO2S/c1-7-9(4-5-16-7)10-3-2-8(13)6-11(10)12(14)15/h2-6H,1H3,(H,14,15). The van der Waals surface area contributed by atoms with Gasteiger partial charge in [-0.2, -0.15) is 0 Å². The van der Waals surface area contributed by atoms with Gasteiger partial charge in [0.05, 0.1) is 5.56 Å². The third kappa shape index (κ3) is 1.84. The largest absolute Gasteiger partial charge is 0.478 e. The molecule has 1 aromatic heterocycles. The maximum atomic E-state index is 13.0. The molecule has 0 fully saturated rings. The highest BCUT2D eigenvalue weighted by molar-refractivity contribution is 7.10. The van der Waals surface area contributed by atoms with E-state index in [1.807, 2.05) is 18.4 Å². The molecule has 0 radical (unpaired) electrons. The zero-order valence-corrected chi connectivity index (χ0v) is 9.34. The van der Waals surface area contributed by atoms with Crippen LogP contribution in [0.1, 0.15) is 15.2 Å². The molecule has 0 saturated carbocycles. The molecule has 1 aromatic carbocycles. The van der Waals surface area contributed by atoms with Crippen LogP contribution < -0.4 is 0 Å². The molecule has 4 heteroatoms. The fourth-order valence-corrected chi connectivity index (χ4v) is 2.31. The second-order valence-corrected chi connectivity index (χ2v) is 4.51. The summed E-state index contributed by atoms with van der Waals surface area (Å²) >= 11 is 1.54. The summed E-state index contributed by atoms with van der Waals surface area (Å²) in [6.45, 7) is 1.91. The van der Waals surface area contributed by atoms with E-state index in [0.717, 1.165) is 16.5 Å². The number of carboxylic acid groups (broad SMARTS) is 1. The van der Waals surface area contributed by atoms with Crippen LogP contribution in [0.15, 0.2) is 29.6 Å². The maximum absolute atomic E-state index is 13.0. The Balaban J connectivity index is 2.65. The molecular formula is C12H9FO2S. The van der Waals surface area contributed by atoms with Gasteiger partial charge in [-0.15, -0.1) is 11.3 Å². The number of hydrogen-bond acceptors (Lipinski definition) is 2. The summed E-state index contributed by atoms with van der Waals surface area (Å²) in [4.78, 5) is 12.0. The molecule has 0 saturated heterocycles. The molecule has 0 spiro atoms. The first-order chi connectivity index (χ1) is 7.59. The summed E-state index contributed by atoms with van der Waals surface area (Å²) in [5, 5.41) is 10.9. The van der Waals surface area contributed by atoms with Gasteiger partial charge in [0.25, 0.3) is 0 Å². The molecule has 0 amide bonds. The topological polar surface area (TPSA) is 37.3 Å². The molecule has 0 aliphatic carbocycles. The Morgan fingerprint density at radius 3 is 2.62 bits per heavy atom. The van der Waals surface area contributed by atoms with Crippen molar-refractivity contribution in [1.82, 2.24) is 0 Å². The Morgan fingerprint density at radius 1 is 1.31 bits per heavy atom. The van der Waals surface area contributed by atoms with E-state index in [1.165, 1.54) is 23.5 Å². The molecule has 0 unspecified atom stereocenters. The van der Waals surface area contributed by atoms with Crippen LogP contribution in [0.25, 0.3) is 11.1 Å². The third-order valence-electron chi connectivity index (χ3n) is 2.36. The van der Waals surface area contributed by atoms with Crippen molar-refractivity contribution in [3.63, 3.8) is 0 Å². The molecule has 0 aliphatic rings. The van der Waals surface area contributed by atoms with Crippen LogP contribution in [-0.2, 0) is 0 Å². The normalized spacial score (nSPS) is 10.4. The highest BCUT2D eigenvalue weighted by Crippen LogP contribution is 2.30. The minimum Gasteiger partial charge on any atom is -0.478 e. The Labute approximate surface area is 96.0 Å². The lowest BCUT2D eigenvalue weighted by Crippen LogP contribution is -2.00. The van der Waals surface area contributed by atoms with Crippen LogP contribution in [0.2, 0.25) is 0 Å². The van der Waals surface area contributed by atoms with Gasteiger partial charge >= 0.3 is 5.97 Å². The van der Waals surface area contributed by atoms with Gasteiger partial charge in [-0.3, -0.25) is 0 Å². The second kappa shape index (κ2) is 4.06. The van der Waals surface area contributed by atoms with Crippen LogP contribution in [0.3, 0.4) is 0 Å². The molecule has 0 bridgehead atoms. The average Bonchev–Trinajstić information content (AvgIpc) is 2.64. The van der Waals surface area contributed by atoms with E-state index in [9.17, 15) is 9.18 Å². The van der Waals surface area contributed by atoms with Crippen molar-refractivity contribution in [3.05, 3.63) is 45.9 Å². The quantitative estimate of drug-likeness (QED) is 0.865. The Hall–Kier alpha value is -1.68. The lowest BCUT2D eigenvalue weighted by molar-refractivity contribution is 0.0697. The van der Waals surface area contributed by atoms with Gasteiger partial charge in [0.15, 0.2) is 0 Å². The second-order valence-electron chi connectivity index (χ2n) is 3.39. The van der Waals surface area contributed by atoms with Crippen molar-refractivity contribution < 1.29 is 14.3 Å². The molecule has 82 valence electrons. The first-order valence-electron chi connectivity index (χ1n) is 4.67. The molecule has 0 aliphatic heterocycles. The predicted molar refractivity (Wildman–Crippen MR) is 61.4 cm³/mol. The van der Waals surface area contributed by atoms with Gasteiger partial charge in [-0.1, -0.05) is 6.07 Å². The van der Waals surface area contributed by atoms with Crippen LogP contribution in [-0.4, -0.2) is 11.1 Å². The highest BCUT2D eigenvalue weighted by atomic mass is 32.1.